The van der Waals surface area contributed by atoms with Crippen LogP contribution in [-0.4, -0.2) is 47.5 Å². The number of carbonyl (C=O) groups excluding carboxylic acids is 2. The number of alkyl halides is 3. The van der Waals surface area contributed by atoms with Crippen LogP contribution in [0, 0.1) is 11.3 Å². The van der Waals surface area contributed by atoms with Crippen LogP contribution < -0.4 is 15.0 Å². The molecule has 47 heavy (non-hydrogen) atoms. The molecule has 6 rings (SSSR count). The molecule has 1 aliphatic rings. The molecule has 3 aromatic carbocycles. The number of amides is 2. The fourth-order valence-corrected chi connectivity index (χ4v) is 5.19. The van der Waals surface area contributed by atoms with E-state index in [1.165, 1.54) is 41.4 Å². The summed E-state index contributed by atoms with van der Waals surface area (Å²) in [6, 6.07) is 21.0. The molecule has 2 aromatic heterocycles. The second-order valence-corrected chi connectivity index (χ2v) is 11.1. The van der Waals surface area contributed by atoms with Crippen molar-refractivity contribution in [3.63, 3.8) is 0 Å². The highest BCUT2D eigenvalue weighted by Crippen LogP contribution is 2.35. The van der Waals surface area contributed by atoms with E-state index in [1.54, 1.807) is 42.5 Å². The summed E-state index contributed by atoms with van der Waals surface area (Å²) in [6.45, 7) is 4.15. The number of carbonyl (C=O) groups is 2. The van der Waals surface area contributed by atoms with Gasteiger partial charge in [0.2, 0.25) is 5.89 Å². The lowest BCUT2D eigenvalue weighted by Crippen LogP contribution is -2.34. The third kappa shape index (κ3) is 6.72. The molecule has 0 aliphatic carbocycles. The normalized spacial score (nSPS) is 14.7. The summed E-state index contributed by atoms with van der Waals surface area (Å²) in [5, 5.41) is 12.1. The van der Waals surface area contributed by atoms with Gasteiger partial charge in [0.15, 0.2) is 5.58 Å². The Bertz CT molecular complexity index is 2000. The predicted octanol–water partition coefficient (Wildman–Crippen LogP) is 7.21. The van der Waals surface area contributed by atoms with Gasteiger partial charge in [0, 0.05) is 34.0 Å². The number of oxazole rings is 1. The highest BCUT2D eigenvalue weighted by molar-refractivity contribution is 5.95. The fourth-order valence-electron chi connectivity index (χ4n) is 5.19. The van der Waals surface area contributed by atoms with Crippen LogP contribution in [0.2, 0.25) is 0 Å². The first-order valence-corrected chi connectivity index (χ1v) is 14.5. The fraction of sp³-hybridized carbons (Fsp3) is 0.206. The zero-order valence-corrected chi connectivity index (χ0v) is 25.0. The summed E-state index contributed by atoms with van der Waals surface area (Å²) in [6.07, 6.45) is -4.85. The summed E-state index contributed by atoms with van der Waals surface area (Å²) in [5.74, 6) is -0.0314. The maximum Gasteiger partial charge on any atom is 0.573 e. The molecule has 10 nitrogen and oxygen atoms in total. The van der Waals surface area contributed by atoms with Gasteiger partial charge in [-0.05, 0) is 60.5 Å². The average molecular weight is 642 g/mol. The van der Waals surface area contributed by atoms with Gasteiger partial charge in [-0.1, -0.05) is 32.0 Å². The molecular weight excluding hydrogens is 615 g/mol. The highest BCUT2D eigenvalue weighted by Gasteiger charge is 2.34. The molecule has 1 fully saturated rings. The van der Waals surface area contributed by atoms with E-state index in [2.05, 4.69) is 26.1 Å². The Morgan fingerprint density at radius 2 is 1.85 bits per heavy atom. The largest absolute Gasteiger partial charge is 0.573 e. The Morgan fingerprint density at radius 3 is 2.53 bits per heavy atom. The second kappa shape index (κ2) is 12.5. The number of hydrogen-bond acceptors (Lipinski definition) is 8. The molecule has 1 atom stereocenters. The Labute approximate surface area is 266 Å². The molecule has 0 spiro atoms. The zero-order valence-electron chi connectivity index (χ0n) is 25.0. The molecule has 5 aromatic rings. The van der Waals surface area contributed by atoms with E-state index in [4.69, 9.17) is 9.15 Å². The number of benzene rings is 3. The third-order valence-corrected chi connectivity index (χ3v) is 7.48. The van der Waals surface area contributed by atoms with Gasteiger partial charge in [-0.3, -0.25) is 9.69 Å². The van der Waals surface area contributed by atoms with Gasteiger partial charge >= 0.3 is 12.5 Å². The quantitative estimate of drug-likeness (QED) is 0.188. The lowest BCUT2D eigenvalue weighted by molar-refractivity contribution is -0.274. The van der Waals surface area contributed by atoms with Crippen LogP contribution in [0.15, 0.2) is 83.4 Å². The monoisotopic (exact) mass is 641 g/mol. The van der Waals surface area contributed by atoms with Crippen LogP contribution in [0.1, 0.15) is 41.3 Å². The van der Waals surface area contributed by atoms with Crippen LogP contribution in [0.5, 0.6) is 5.75 Å². The van der Waals surface area contributed by atoms with E-state index in [9.17, 15) is 28.0 Å². The Balaban J connectivity index is 1.08. The van der Waals surface area contributed by atoms with E-state index < -0.39 is 18.6 Å². The van der Waals surface area contributed by atoms with E-state index in [-0.39, 0.29) is 42.0 Å². The van der Waals surface area contributed by atoms with Gasteiger partial charge in [0.1, 0.15) is 23.2 Å². The minimum absolute atomic E-state index is 0.0351. The van der Waals surface area contributed by atoms with Crippen molar-refractivity contribution in [2.24, 2.45) is 0 Å². The van der Waals surface area contributed by atoms with Gasteiger partial charge in [-0.2, -0.15) is 5.26 Å². The SMILES string of the molecule is CC(C)c1cc(C#N)cc2nc(-c3ccc(C(=O)NC[C@@H]4CN(c5ccc(-c6ccccc6OC(F)(F)F)cn5)C(=O)O4)cc3)oc12. The van der Waals surface area contributed by atoms with Crippen LogP contribution in [0.25, 0.3) is 33.7 Å². The number of rotatable bonds is 8. The lowest BCUT2D eigenvalue weighted by Gasteiger charge is -2.15. The number of nitrogens with zero attached hydrogens (tertiary/aromatic N) is 4. The van der Waals surface area contributed by atoms with Crippen molar-refractivity contribution in [2.75, 3.05) is 18.0 Å². The average Bonchev–Trinajstić information content (AvgIpc) is 3.66. The molecule has 1 aliphatic heterocycles. The maximum atomic E-state index is 12.9. The van der Waals surface area contributed by atoms with Gasteiger partial charge < -0.3 is 19.2 Å². The summed E-state index contributed by atoms with van der Waals surface area (Å²) in [5.41, 5.74) is 4.14. The Hall–Kier alpha value is -5.90. The van der Waals surface area contributed by atoms with Crippen LogP contribution in [-0.2, 0) is 4.74 Å². The molecular formula is C34H26F3N5O5. The van der Waals surface area contributed by atoms with Crippen molar-refractivity contribution < 1.29 is 36.7 Å². The van der Waals surface area contributed by atoms with Crippen molar-refractivity contribution in [3.05, 3.63) is 95.7 Å². The molecule has 0 bridgehead atoms. The highest BCUT2D eigenvalue weighted by atomic mass is 19.4. The first kappa shape index (κ1) is 31.1. The smallest absolute Gasteiger partial charge is 0.442 e. The molecule has 238 valence electrons. The predicted molar refractivity (Wildman–Crippen MR) is 165 cm³/mol. The number of cyclic esters (lactones) is 1. The van der Waals surface area contributed by atoms with Gasteiger partial charge in [-0.15, -0.1) is 13.2 Å². The molecule has 3 heterocycles. The summed E-state index contributed by atoms with van der Waals surface area (Å²) >= 11 is 0. The molecule has 0 unspecified atom stereocenters. The van der Waals surface area contributed by atoms with Crippen molar-refractivity contribution in [1.82, 2.24) is 15.3 Å². The Morgan fingerprint density at radius 1 is 1.11 bits per heavy atom. The number of pyridine rings is 1. The number of nitriles is 1. The first-order valence-electron chi connectivity index (χ1n) is 14.5. The van der Waals surface area contributed by atoms with Crippen LogP contribution >= 0.6 is 0 Å². The van der Waals surface area contributed by atoms with E-state index >= 15 is 0 Å². The van der Waals surface area contributed by atoms with Crippen molar-refractivity contribution in [1.29, 1.82) is 5.26 Å². The number of nitrogens with one attached hydrogen (secondary N) is 1. The Kier molecular flexibility index (Phi) is 8.25. The topological polar surface area (TPSA) is 131 Å². The number of para-hydroxylation sites is 1. The van der Waals surface area contributed by atoms with Gasteiger partial charge in [0.25, 0.3) is 5.91 Å². The van der Waals surface area contributed by atoms with Crippen molar-refractivity contribution in [2.45, 2.75) is 32.2 Å². The number of halogens is 3. The van der Waals surface area contributed by atoms with Crippen LogP contribution in [0.4, 0.5) is 23.8 Å². The summed E-state index contributed by atoms with van der Waals surface area (Å²) in [4.78, 5) is 35.5. The summed E-state index contributed by atoms with van der Waals surface area (Å²) < 4.78 is 54.0. The van der Waals surface area contributed by atoms with Gasteiger partial charge in [0.05, 0.1) is 24.7 Å². The minimum atomic E-state index is -4.85. The number of fused-ring (bicyclic) bond motifs is 1. The van der Waals surface area contributed by atoms with E-state index in [0.717, 1.165) is 5.56 Å². The lowest BCUT2D eigenvalue weighted by atomic mass is 10.00. The minimum Gasteiger partial charge on any atom is -0.442 e. The standard InChI is InChI=1S/C34H26F3N5O5/c1-19(2)26-13-20(15-38)14-27-30(26)46-32(41-27)22-9-7-21(8-10-22)31(43)40-17-24-18-42(33(44)45-24)29-12-11-23(16-39-29)25-5-3-4-6-28(25)47-34(35,36)37/h3-14,16,19,24H,17-18H2,1-2H3,(H,40,43)/t24-/m1/s1. The van der Waals surface area contributed by atoms with Gasteiger partial charge in [-0.25, -0.2) is 14.8 Å². The zero-order chi connectivity index (χ0) is 33.3. The number of aromatic nitrogens is 2. The second-order valence-electron chi connectivity index (χ2n) is 11.1. The molecule has 0 radical (unpaired) electrons. The molecule has 13 heteroatoms. The molecule has 2 amide bonds. The first-order chi connectivity index (χ1) is 22.5. The number of anilines is 1. The van der Waals surface area contributed by atoms with Crippen molar-refractivity contribution in [3.8, 4) is 34.4 Å². The van der Waals surface area contributed by atoms with Crippen LogP contribution in [0.3, 0.4) is 0 Å². The third-order valence-electron chi connectivity index (χ3n) is 7.48. The van der Waals surface area contributed by atoms with E-state index in [0.29, 0.717) is 39.2 Å². The number of hydrogen-bond donors (Lipinski definition) is 1. The molecule has 1 saturated heterocycles. The van der Waals surface area contributed by atoms with Crippen molar-refractivity contribution >= 4 is 28.9 Å². The van der Waals surface area contributed by atoms with E-state index in [1.807, 2.05) is 13.8 Å². The maximum absolute atomic E-state index is 12.9. The molecule has 1 N–H and O–H groups in total. The summed E-state index contributed by atoms with van der Waals surface area (Å²) in [7, 11) is 0. The number of ether oxygens (including phenoxy) is 2. The molecule has 0 saturated carbocycles.